The fourth-order valence-corrected chi connectivity index (χ4v) is 4.77. The van der Waals surface area contributed by atoms with Crippen molar-refractivity contribution in [3.05, 3.63) is 0 Å². The molecule has 0 aromatic carbocycles. The second kappa shape index (κ2) is 20.7. The smallest absolute Gasteiger partial charge is 0.171 e. The Morgan fingerprint density at radius 3 is 1.67 bits per heavy atom. The Hall–Kier alpha value is -0.240. The van der Waals surface area contributed by atoms with Gasteiger partial charge in [0.15, 0.2) is 5.79 Å². The van der Waals surface area contributed by atoms with Gasteiger partial charge in [0.2, 0.25) is 0 Å². The maximum atomic E-state index is 6.76. The van der Waals surface area contributed by atoms with Gasteiger partial charge in [-0.3, -0.25) is 0 Å². The summed E-state index contributed by atoms with van der Waals surface area (Å²) in [6, 6.07) is 0. The molecule has 0 amide bonds. The first-order valence-corrected chi connectivity index (χ1v) is 15.4. The standard InChI is InChI=1S/C30H58O6/c1-4-7-10-11-12-13-16-27(17-14-19-31-23-28-25-33-28)30(35-21-8-5-2,36-22-9-6-3)18-15-20-32-24-29-26-34-29/h27-29H,4-26H2,1-3H3. The van der Waals surface area contributed by atoms with E-state index in [2.05, 4.69) is 20.8 Å². The third-order valence-corrected chi connectivity index (χ3v) is 7.28. The third kappa shape index (κ3) is 15.2. The lowest BCUT2D eigenvalue weighted by Crippen LogP contribution is -2.45. The summed E-state index contributed by atoms with van der Waals surface area (Å²) >= 11 is 0. The first-order chi connectivity index (χ1) is 17.7. The third-order valence-electron chi connectivity index (χ3n) is 7.28. The molecule has 0 radical (unpaired) electrons. The quantitative estimate of drug-likeness (QED) is 0.0632. The Morgan fingerprint density at radius 1 is 0.611 bits per heavy atom. The molecule has 2 aliphatic heterocycles. The van der Waals surface area contributed by atoms with Crippen LogP contribution in [0.15, 0.2) is 0 Å². The van der Waals surface area contributed by atoms with E-state index in [1.165, 1.54) is 38.5 Å². The van der Waals surface area contributed by atoms with Crippen molar-refractivity contribution < 1.29 is 28.4 Å². The van der Waals surface area contributed by atoms with Gasteiger partial charge >= 0.3 is 0 Å². The van der Waals surface area contributed by atoms with E-state index >= 15 is 0 Å². The second-order valence-corrected chi connectivity index (χ2v) is 10.8. The molecule has 3 unspecified atom stereocenters. The molecule has 2 aliphatic rings. The predicted molar refractivity (Wildman–Crippen MR) is 146 cm³/mol. The zero-order valence-corrected chi connectivity index (χ0v) is 23.9. The Labute approximate surface area is 222 Å². The van der Waals surface area contributed by atoms with Crippen LogP contribution in [0, 0.1) is 5.92 Å². The molecule has 2 heterocycles. The Morgan fingerprint density at radius 2 is 1.11 bits per heavy atom. The van der Waals surface area contributed by atoms with Gasteiger partial charge in [0.05, 0.1) is 39.6 Å². The van der Waals surface area contributed by atoms with Crippen LogP contribution in [0.3, 0.4) is 0 Å². The number of hydrogen-bond donors (Lipinski definition) is 0. The Bertz CT molecular complexity index is 484. The summed E-state index contributed by atoms with van der Waals surface area (Å²) in [7, 11) is 0. The SMILES string of the molecule is CCCCCCCCC(CCCOCC1CO1)C(CCCOCC1CO1)(OCCCC)OCCCC. The average Bonchev–Trinajstić information content (AvgIpc) is 3.80. The van der Waals surface area contributed by atoms with Crippen molar-refractivity contribution in [3.63, 3.8) is 0 Å². The molecule has 3 atom stereocenters. The van der Waals surface area contributed by atoms with E-state index in [1.54, 1.807) is 0 Å². The molecular formula is C30H58O6. The van der Waals surface area contributed by atoms with Gasteiger partial charge < -0.3 is 28.4 Å². The molecular weight excluding hydrogens is 456 g/mol. The minimum absolute atomic E-state index is 0.317. The summed E-state index contributed by atoms with van der Waals surface area (Å²) < 4.78 is 35.9. The second-order valence-electron chi connectivity index (χ2n) is 10.8. The van der Waals surface area contributed by atoms with Crippen LogP contribution in [0.4, 0.5) is 0 Å². The van der Waals surface area contributed by atoms with Gasteiger partial charge in [0.1, 0.15) is 12.2 Å². The predicted octanol–water partition coefficient (Wildman–Crippen LogP) is 7.07. The van der Waals surface area contributed by atoms with Gasteiger partial charge in [-0.1, -0.05) is 72.1 Å². The maximum Gasteiger partial charge on any atom is 0.171 e. The molecule has 2 fully saturated rings. The Balaban J connectivity index is 1.99. The largest absolute Gasteiger partial charge is 0.379 e. The van der Waals surface area contributed by atoms with Crippen molar-refractivity contribution in [1.29, 1.82) is 0 Å². The van der Waals surface area contributed by atoms with Gasteiger partial charge in [-0.05, 0) is 38.5 Å². The molecule has 0 saturated carbocycles. The molecule has 6 heteroatoms. The lowest BCUT2D eigenvalue weighted by molar-refractivity contribution is -0.276. The number of rotatable bonds is 28. The molecule has 2 rings (SSSR count). The van der Waals surface area contributed by atoms with Gasteiger partial charge in [0, 0.05) is 25.6 Å². The molecule has 6 nitrogen and oxygen atoms in total. The average molecular weight is 515 g/mol. The summed E-state index contributed by atoms with van der Waals surface area (Å²) in [5.41, 5.74) is 0. The first kappa shape index (κ1) is 32.0. The fourth-order valence-electron chi connectivity index (χ4n) is 4.77. The highest BCUT2D eigenvalue weighted by molar-refractivity contribution is 4.82. The summed E-state index contributed by atoms with van der Waals surface area (Å²) in [6.07, 6.45) is 18.1. The highest BCUT2D eigenvalue weighted by Crippen LogP contribution is 2.37. The van der Waals surface area contributed by atoms with Crippen LogP contribution in [0.5, 0.6) is 0 Å². The van der Waals surface area contributed by atoms with E-state index in [0.717, 1.165) is 104 Å². The molecule has 0 aromatic heterocycles. The molecule has 214 valence electrons. The van der Waals surface area contributed by atoms with Crippen molar-refractivity contribution in [2.45, 2.75) is 135 Å². The fraction of sp³-hybridized carbons (Fsp3) is 1.00. The summed E-state index contributed by atoms with van der Waals surface area (Å²) in [4.78, 5) is 0. The lowest BCUT2D eigenvalue weighted by atomic mass is 9.85. The van der Waals surface area contributed by atoms with Crippen LogP contribution in [0.1, 0.15) is 117 Å². The first-order valence-electron chi connectivity index (χ1n) is 15.4. The zero-order valence-electron chi connectivity index (χ0n) is 23.9. The van der Waals surface area contributed by atoms with Gasteiger partial charge in [0.25, 0.3) is 0 Å². The minimum atomic E-state index is -0.521. The molecule has 0 aromatic rings. The van der Waals surface area contributed by atoms with Crippen LogP contribution in [-0.2, 0) is 28.4 Å². The summed E-state index contributed by atoms with van der Waals surface area (Å²) in [5, 5.41) is 0. The van der Waals surface area contributed by atoms with E-state index in [4.69, 9.17) is 28.4 Å². The van der Waals surface area contributed by atoms with Crippen molar-refractivity contribution in [3.8, 4) is 0 Å². The number of epoxide rings is 2. The minimum Gasteiger partial charge on any atom is -0.379 e. The van der Waals surface area contributed by atoms with E-state index < -0.39 is 5.79 Å². The monoisotopic (exact) mass is 514 g/mol. The molecule has 0 bridgehead atoms. The molecule has 0 aliphatic carbocycles. The molecule has 0 spiro atoms. The number of ether oxygens (including phenoxy) is 6. The van der Waals surface area contributed by atoms with E-state index in [0.29, 0.717) is 24.7 Å². The van der Waals surface area contributed by atoms with Crippen molar-refractivity contribution >= 4 is 0 Å². The van der Waals surface area contributed by atoms with Crippen molar-refractivity contribution in [2.75, 3.05) is 52.9 Å². The van der Waals surface area contributed by atoms with Crippen LogP contribution in [0.2, 0.25) is 0 Å². The zero-order chi connectivity index (χ0) is 25.7. The lowest BCUT2D eigenvalue weighted by Gasteiger charge is -2.41. The maximum absolute atomic E-state index is 6.76. The summed E-state index contributed by atoms with van der Waals surface area (Å²) in [6.45, 7) is 12.9. The normalized spacial score (nSPS) is 20.1. The van der Waals surface area contributed by atoms with Crippen molar-refractivity contribution in [2.24, 2.45) is 5.92 Å². The van der Waals surface area contributed by atoms with Gasteiger partial charge in [-0.2, -0.15) is 0 Å². The summed E-state index contributed by atoms with van der Waals surface area (Å²) in [5.74, 6) is -0.141. The Kier molecular flexibility index (Phi) is 18.4. The van der Waals surface area contributed by atoms with Crippen LogP contribution in [0.25, 0.3) is 0 Å². The van der Waals surface area contributed by atoms with E-state index in [1.807, 2.05) is 0 Å². The van der Waals surface area contributed by atoms with Crippen LogP contribution < -0.4 is 0 Å². The molecule has 2 saturated heterocycles. The van der Waals surface area contributed by atoms with E-state index in [9.17, 15) is 0 Å². The van der Waals surface area contributed by atoms with Crippen LogP contribution >= 0.6 is 0 Å². The van der Waals surface area contributed by atoms with Crippen molar-refractivity contribution in [1.82, 2.24) is 0 Å². The molecule has 36 heavy (non-hydrogen) atoms. The van der Waals surface area contributed by atoms with E-state index in [-0.39, 0.29) is 0 Å². The highest BCUT2D eigenvalue weighted by Gasteiger charge is 2.40. The van der Waals surface area contributed by atoms with Crippen LogP contribution in [-0.4, -0.2) is 70.9 Å². The number of hydrogen-bond acceptors (Lipinski definition) is 6. The van der Waals surface area contributed by atoms with Gasteiger partial charge in [-0.25, -0.2) is 0 Å². The van der Waals surface area contributed by atoms with Gasteiger partial charge in [-0.15, -0.1) is 0 Å². The molecule has 0 N–H and O–H groups in total. The highest BCUT2D eigenvalue weighted by atomic mass is 16.7. The number of unbranched alkanes of at least 4 members (excludes halogenated alkanes) is 7. The topological polar surface area (TPSA) is 62.0 Å².